The third kappa shape index (κ3) is 3.94. The Kier molecular flexibility index (Phi) is 5.26. The second kappa shape index (κ2) is 7.42. The molecule has 25 heavy (non-hydrogen) atoms. The van der Waals surface area contributed by atoms with Gasteiger partial charge in [0.05, 0.1) is 18.9 Å². The number of nitrogens with one attached hydrogen (secondary N) is 1. The van der Waals surface area contributed by atoms with Crippen molar-refractivity contribution in [3.8, 4) is 0 Å². The van der Waals surface area contributed by atoms with E-state index in [0.717, 1.165) is 15.2 Å². The fraction of sp³-hybridized carbons (Fsp3) is 0.312. The van der Waals surface area contributed by atoms with Crippen molar-refractivity contribution in [2.24, 2.45) is 0 Å². The predicted molar refractivity (Wildman–Crippen MR) is 90.8 cm³/mol. The molecule has 1 aliphatic heterocycles. The van der Waals surface area contributed by atoms with Crippen LogP contribution in [-0.4, -0.2) is 33.3 Å². The third-order valence-electron chi connectivity index (χ3n) is 3.84. The molecule has 1 amide bonds. The molecule has 3 rings (SSSR count). The quantitative estimate of drug-likeness (QED) is 0.802. The van der Waals surface area contributed by atoms with Crippen LogP contribution >= 0.6 is 15.9 Å². The number of aliphatic hydroxyl groups is 1. The molecule has 7 nitrogen and oxygen atoms in total. The molecule has 1 aromatic heterocycles. The van der Waals surface area contributed by atoms with Crippen LogP contribution in [0.4, 0.5) is 10.2 Å². The largest absolute Gasteiger partial charge is 0.394 e. The predicted octanol–water partition coefficient (Wildman–Crippen LogP) is 2.07. The van der Waals surface area contributed by atoms with E-state index >= 15 is 0 Å². The monoisotopic (exact) mass is 411 g/mol. The number of carbonyl (C=O) groups is 1. The summed E-state index contributed by atoms with van der Waals surface area (Å²) in [6.45, 7) is -0.164. The molecule has 1 fully saturated rings. The lowest BCUT2D eigenvalue weighted by atomic mass is 10.2. The molecular formula is C16H15BrFN3O4. The number of anilines is 1. The first-order valence-corrected chi connectivity index (χ1v) is 8.39. The normalized spacial score (nSPS) is 19.8. The number of amides is 1. The summed E-state index contributed by atoms with van der Waals surface area (Å²) < 4.78 is 21.5. The number of ether oxygens (including phenoxy) is 1. The van der Waals surface area contributed by atoms with Crippen LogP contribution in [0, 0.1) is 5.82 Å². The first-order valence-electron chi connectivity index (χ1n) is 7.60. The first kappa shape index (κ1) is 17.7. The van der Waals surface area contributed by atoms with Crippen LogP contribution in [0.25, 0.3) is 0 Å². The molecule has 0 aliphatic carbocycles. The Morgan fingerprint density at radius 2 is 2.12 bits per heavy atom. The molecule has 2 N–H and O–H groups in total. The molecule has 0 saturated carbocycles. The standard InChI is InChI=1S/C16H15BrFN3O4/c17-10-3-1-9(2-4-10)15(23)19-14-12(18)7-21(16(24)20-14)13-6-5-11(8-22)25-13/h1-4,7,11,13,22H,5-6,8H2,(H,19,20,23,24). The summed E-state index contributed by atoms with van der Waals surface area (Å²) in [7, 11) is 0. The van der Waals surface area contributed by atoms with E-state index in [2.05, 4.69) is 26.2 Å². The maximum Gasteiger partial charge on any atom is 0.351 e. The molecule has 2 unspecified atom stereocenters. The van der Waals surface area contributed by atoms with Crippen molar-refractivity contribution in [3.63, 3.8) is 0 Å². The van der Waals surface area contributed by atoms with Crippen LogP contribution in [0.5, 0.6) is 0 Å². The van der Waals surface area contributed by atoms with Gasteiger partial charge in [-0.05, 0) is 37.1 Å². The van der Waals surface area contributed by atoms with Gasteiger partial charge in [-0.1, -0.05) is 15.9 Å². The Morgan fingerprint density at radius 1 is 1.40 bits per heavy atom. The lowest BCUT2D eigenvalue weighted by Crippen LogP contribution is -2.30. The topological polar surface area (TPSA) is 93.5 Å². The fourth-order valence-corrected chi connectivity index (χ4v) is 2.81. The van der Waals surface area contributed by atoms with Crippen molar-refractivity contribution in [2.45, 2.75) is 25.2 Å². The van der Waals surface area contributed by atoms with E-state index in [4.69, 9.17) is 9.84 Å². The molecule has 132 valence electrons. The van der Waals surface area contributed by atoms with Gasteiger partial charge in [-0.25, -0.2) is 9.18 Å². The molecule has 2 atom stereocenters. The number of halogens is 2. The zero-order valence-corrected chi connectivity index (χ0v) is 14.6. The molecule has 0 radical (unpaired) electrons. The van der Waals surface area contributed by atoms with Gasteiger partial charge in [-0.2, -0.15) is 4.98 Å². The van der Waals surface area contributed by atoms with E-state index in [-0.39, 0.29) is 12.7 Å². The average Bonchev–Trinajstić information content (AvgIpc) is 3.07. The highest BCUT2D eigenvalue weighted by atomic mass is 79.9. The second-order valence-electron chi connectivity index (χ2n) is 5.56. The van der Waals surface area contributed by atoms with Gasteiger partial charge in [0.1, 0.15) is 6.23 Å². The minimum absolute atomic E-state index is 0.164. The van der Waals surface area contributed by atoms with Crippen LogP contribution in [0.3, 0.4) is 0 Å². The van der Waals surface area contributed by atoms with Gasteiger partial charge >= 0.3 is 5.69 Å². The van der Waals surface area contributed by atoms with E-state index < -0.39 is 29.5 Å². The van der Waals surface area contributed by atoms with Crippen molar-refractivity contribution in [2.75, 3.05) is 11.9 Å². The highest BCUT2D eigenvalue weighted by Gasteiger charge is 2.27. The number of rotatable bonds is 4. The van der Waals surface area contributed by atoms with E-state index in [1.165, 1.54) is 0 Å². The highest BCUT2D eigenvalue weighted by Crippen LogP contribution is 2.27. The molecule has 2 heterocycles. The van der Waals surface area contributed by atoms with Gasteiger partial charge in [0.25, 0.3) is 5.91 Å². The Bertz CT molecular complexity index is 840. The number of hydrogen-bond donors (Lipinski definition) is 2. The Hall–Kier alpha value is -2.10. The van der Waals surface area contributed by atoms with Crippen molar-refractivity contribution < 1.29 is 19.0 Å². The van der Waals surface area contributed by atoms with Crippen LogP contribution in [0.15, 0.2) is 39.7 Å². The summed E-state index contributed by atoms with van der Waals surface area (Å²) >= 11 is 3.26. The molecule has 0 spiro atoms. The minimum atomic E-state index is -0.846. The number of aromatic nitrogens is 2. The second-order valence-corrected chi connectivity index (χ2v) is 6.48. The van der Waals surface area contributed by atoms with Gasteiger partial charge in [-0.3, -0.25) is 9.36 Å². The van der Waals surface area contributed by atoms with Gasteiger partial charge in [0.2, 0.25) is 0 Å². The SMILES string of the molecule is O=C(Nc1nc(=O)n(C2CCC(CO)O2)cc1F)c1ccc(Br)cc1. The summed E-state index contributed by atoms with van der Waals surface area (Å²) in [5, 5.41) is 11.4. The number of aliphatic hydroxyl groups excluding tert-OH is 1. The number of benzene rings is 1. The molecule has 2 aromatic rings. The molecule has 1 aromatic carbocycles. The van der Waals surface area contributed by atoms with Gasteiger partial charge in [0, 0.05) is 10.0 Å². The Morgan fingerprint density at radius 3 is 2.76 bits per heavy atom. The fourth-order valence-electron chi connectivity index (χ4n) is 2.55. The number of hydrogen-bond acceptors (Lipinski definition) is 5. The molecule has 9 heteroatoms. The van der Waals surface area contributed by atoms with Gasteiger partial charge in [-0.15, -0.1) is 0 Å². The Labute approximate surface area is 150 Å². The van der Waals surface area contributed by atoms with Gasteiger partial charge in [0.15, 0.2) is 11.6 Å². The first-order chi connectivity index (χ1) is 12.0. The smallest absolute Gasteiger partial charge is 0.351 e. The molecule has 1 aliphatic rings. The third-order valence-corrected chi connectivity index (χ3v) is 4.37. The summed E-state index contributed by atoms with van der Waals surface area (Å²) in [5.41, 5.74) is -0.436. The summed E-state index contributed by atoms with van der Waals surface area (Å²) in [6, 6.07) is 6.46. The van der Waals surface area contributed by atoms with Crippen LogP contribution in [0.1, 0.15) is 29.4 Å². The van der Waals surface area contributed by atoms with Crippen molar-refractivity contribution in [1.82, 2.24) is 9.55 Å². The summed E-state index contributed by atoms with van der Waals surface area (Å²) in [5.74, 6) is -1.86. The zero-order chi connectivity index (χ0) is 18.0. The molecular weight excluding hydrogens is 397 g/mol. The van der Waals surface area contributed by atoms with E-state index in [1.54, 1.807) is 24.3 Å². The average molecular weight is 412 g/mol. The van der Waals surface area contributed by atoms with E-state index in [1.807, 2.05) is 0 Å². The van der Waals surface area contributed by atoms with Crippen LogP contribution in [-0.2, 0) is 4.74 Å². The highest BCUT2D eigenvalue weighted by molar-refractivity contribution is 9.10. The maximum atomic E-state index is 14.3. The van der Waals surface area contributed by atoms with Crippen LogP contribution in [0.2, 0.25) is 0 Å². The van der Waals surface area contributed by atoms with Crippen LogP contribution < -0.4 is 11.0 Å². The summed E-state index contributed by atoms with van der Waals surface area (Å²) in [6.07, 6.45) is 0.935. The lowest BCUT2D eigenvalue weighted by molar-refractivity contribution is -0.0249. The maximum absolute atomic E-state index is 14.3. The van der Waals surface area contributed by atoms with Crippen molar-refractivity contribution in [3.05, 3.63) is 56.8 Å². The van der Waals surface area contributed by atoms with E-state index in [9.17, 15) is 14.0 Å². The molecule has 1 saturated heterocycles. The zero-order valence-electron chi connectivity index (χ0n) is 13.0. The Balaban J connectivity index is 1.79. The van der Waals surface area contributed by atoms with Gasteiger partial charge < -0.3 is 15.2 Å². The van der Waals surface area contributed by atoms with Crippen molar-refractivity contribution in [1.29, 1.82) is 0 Å². The molecule has 0 bridgehead atoms. The van der Waals surface area contributed by atoms with E-state index in [0.29, 0.717) is 18.4 Å². The number of nitrogens with zero attached hydrogens (tertiary/aromatic N) is 2. The minimum Gasteiger partial charge on any atom is -0.394 e. The lowest BCUT2D eigenvalue weighted by Gasteiger charge is -2.15. The van der Waals surface area contributed by atoms with Crippen molar-refractivity contribution >= 4 is 27.7 Å². The summed E-state index contributed by atoms with van der Waals surface area (Å²) in [4.78, 5) is 27.8. The number of carbonyl (C=O) groups excluding carboxylic acids is 1.